The highest BCUT2D eigenvalue weighted by Crippen LogP contribution is 2.28. The smallest absolute Gasteiger partial charge is 0.254 e. The number of hydrogen-bond donors (Lipinski definition) is 1. The fraction of sp³-hybridized carbons (Fsp3) is 0.273. The predicted octanol–water partition coefficient (Wildman–Crippen LogP) is 4.62. The summed E-state index contributed by atoms with van der Waals surface area (Å²) < 4.78 is 0. The molecule has 0 spiro atoms. The topological polar surface area (TPSA) is 49.0 Å². The Morgan fingerprint density at radius 1 is 1.19 bits per heavy atom. The number of fused-ring (bicyclic) bond motifs is 1. The molecule has 0 fully saturated rings. The van der Waals surface area contributed by atoms with Gasteiger partial charge < -0.3 is 9.88 Å². The molecule has 4 heteroatoms. The SMILES string of the molecule is CC(C)c1ccc(C(=O)N2CC=C(c3c[nH]c4cccnc34)CC2)cc1. The van der Waals surface area contributed by atoms with Gasteiger partial charge in [-0.05, 0) is 47.7 Å². The van der Waals surface area contributed by atoms with Gasteiger partial charge in [0.2, 0.25) is 0 Å². The molecular formula is C22H23N3O. The molecule has 0 unspecified atom stereocenters. The number of aromatic nitrogens is 2. The third kappa shape index (κ3) is 3.03. The van der Waals surface area contributed by atoms with Crippen molar-refractivity contribution in [3.63, 3.8) is 0 Å². The number of H-pyrrole nitrogens is 1. The van der Waals surface area contributed by atoms with Gasteiger partial charge in [-0.1, -0.05) is 32.1 Å². The zero-order valence-electron chi connectivity index (χ0n) is 15.2. The van der Waals surface area contributed by atoms with E-state index in [9.17, 15) is 4.79 Å². The summed E-state index contributed by atoms with van der Waals surface area (Å²) >= 11 is 0. The van der Waals surface area contributed by atoms with Crippen LogP contribution in [0.1, 0.15) is 47.7 Å². The molecule has 1 aliphatic rings. The minimum Gasteiger partial charge on any atom is -0.359 e. The van der Waals surface area contributed by atoms with Crippen LogP contribution in [0.3, 0.4) is 0 Å². The van der Waals surface area contributed by atoms with Crippen molar-refractivity contribution in [2.75, 3.05) is 13.1 Å². The van der Waals surface area contributed by atoms with E-state index in [4.69, 9.17) is 0 Å². The van der Waals surface area contributed by atoms with Gasteiger partial charge in [-0.15, -0.1) is 0 Å². The maximum atomic E-state index is 12.8. The average molecular weight is 345 g/mol. The number of aromatic amines is 1. The third-order valence-electron chi connectivity index (χ3n) is 5.10. The molecule has 1 aliphatic heterocycles. The van der Waals surface area contributed by atoms with Crippen LogP contribution in [0, 0.1) is 0 Å². The number of carbonyl (C=O) groups excluding carboxylic acids is 1. The zero-order chi connectivity index (χ0) is 18.1. The van der Waals surface area contributed by atoms with Crippen LogP contribution in [-0.2, 0) is 0 Å². The summed E-state index contributed by atoms with van der Waals surface area (Å²) in [5.74, 6) is 0.581. The normalized spacial score (nSPS) is 14.7. The summed E-state index contributed by atoms with van der Waals surface area (Å²) in [5, 5.41) is 0. The van der Waals surface area contributed by atoms with E-state index in [-0.39, 0.29) is 5.91 Å². The van der Waals surface area contributed by atoms with Crippen LogP contribution >= 0.6 is 0 Å². The summed E-state index contributed by atoms with van der Waals surface area (Å²) in [6, 6.07) is 12.0. The first kappa shape index (κ1) is 16.6. The highest BCUT2D eigenvalue weighted by Gasteiger charge is 2.20. The molecule has 3 aromatic rings. The summed E-state index contributed by atoms with van der Waals surface area (Å²) in [5.41, 5.74) is 6.48. The minimum absolute atomic E-state index is 0.104. The molecule has 1 amide bonds. The molecule has 26 heavy (non-hydrogen) atoms. The predicted molar refractivity (Wildman–Crippen MR) is 105 cm³/mol. The van der Waals surface area contributed by atoms with Gasteiger partial charge >= 0.3 is 0 Å². The maximum absolute atomic E-state index is 12.8. The van der Waals surface area contributed by atoms with Gasteiger partial charge in [0, 0.05) is 36.6 Å². The van der Waals surface area contributed by atoms with Crippen molar-refractivity contribution in [1.29, 1.82) is 0 Å². The Bertz CT molecular complexity index is 966. The minimum atomic E-state index is 0.104. The van der Waals surface area contributed by atoms with Crippen molar-refractivity contribution in [3.8, 4) is 0 Å². The molecule has 3 heterocycles. The number of nitrogens with zero attached hydrogens (tertiary/aromatic N) is 2. The van der Waals surface area contributed by atoms with Crippen molar-refractivity contribution in [1.82, 2.24) is 14.9 Å². The molecule has 4 nitrogen and oxygen atoms in total. The first-order valence-corrected chi connectivity index (χ1v) is 9.14. The van der Waals surface area contributed by atoms with Crippen molar-refractivity contribution < 1.29 is 4.79 Å². The van der Waals surface area contributed by atoms with Crippen molar-refractivity contribution in [2.45, 2.75) is 26.2 Å². The van der Waals surface area contributed by atoms with E-state index in [1.807, 2.05) is 41.6 Å². The van der Waals surface area contributed by atoms with E-state index in [1.54, 1.807) is 0 Å². The highest BCUT2D eigenvalue weighted by atomic mass is 16.2. The molecule has 2 aromatic heterocycles. The first-order valence-electron chi connectivity index (χ1n) is 9.14. The lowest BCUT2D eigenvalue weighted by Gasteiger charge is -2.26. The van der Waals surface area contributed by atoms with E-state index >= 15 is 0 Å². The maximum Gasteiger partial charge on any atom is 0.254 e. The van der Waals surface area contributed by atoms with Gasteiger partial charge in [0.05, 0.1) is 11.0 Å². The fourth-order valence-electron chi connectivity index (χ4n) is 3.49. The Labute approximate surface area is 153 Å². The molecule has 0 atom stereocenters. The second-order valence-electron chi connectivity index (χ2n) is 7.11. The Hall–Kier alpha value is -2.88. The van der Waals surface area contributed by atoms with Crippen LogP contribution in [0.15, 0.2) is 54.9 Å². The fourth-order valence-corrected chi connectivity index (χ4v) is 3.49. The van der Waals surface area contributed by atoms with E-state index in [0.29, 0.717) is 12.5 Å². The van der Waals surface area contributed by atoms with E-state index < -0.39 is 0 Å². The second kappa shape index (κ2) is 6.79. The van der Waals surface area contributed by atoms with Gasteiger partial charge in [-0.25, -0.2) is 0 Å². The van der Waals surface area contributed by atoms with Crippen molar-refractivity contribution >= 4 is 22.5 Å². The molecule has 0 bridgehead atoms. The standard InChI is InChI=1S/C22H23N3O/c1-15(2)16-5-7-18(8-6-16)22(26)25-12-9-17(10-13-25)19-14-24-20-4-3-11-23-21(19)20/h3-9,11,14-15,24H,10,12-13H2,1-2H3. The second-order valence-corrected chi connectivity index (χ2v) is 7.11. The van der Waals surface area contributed by atoms with E-state index in [1.165, 1.54) is 11.1 Å². The molecule has 0 saturated carbocycles. The average Bonchev–Trinajstić information content (AvgIpc) is 3.12. The van der Waals surface area contributed by atoms with E-state index in [0.717, 1.165) is 35.1 Å². The molecule has 1 aromatic carbocycles. The van der Waals surface area contributed by atoms with Gasteiger partial charge in [0.25, 0.3) is 5.91 Å². The Kier molecular flexibility index (Phi) is 4.33. The molecule has 1 N–H and O–H groups in total. The Morgan fingerprint density at radius 2 is 2.00 bits per heavy atom. The monoisotopic (exact) mass is 345 g/mol. The van der Waals surface area contributed by atoms with E-state index in [2.05, 4.69) is 42.0 Å². The van der Waals surface area contributed by atoms with Crippen LogP contribution in [-0.4, -0.2) is 33.9 Å². The number of amides is 1. The number of benzene rings is 1. The highest BCUT2D eigenvalue weighted by molar-refractivity contribution is 5.95. The van der Waals surface area contributed by atoms with Crippen LogP contribution in [0.25, 0.3) is 16.6 Å². The summed E-state index contributed by atoms with van der Waals surface area (Å²) in [6.07, 6.45) is 6.84. The van der Waals surface area contributed by atoms with Crippen molar-refractivity contribution in [2.24, 2.45) is 0 Å². The van der Waals surface area contributed by atoms with Gasteiger partial charge in [0.15, 0.2) is 0 Å². The molecule has 0 saturated heterocycles. The summed E-state index contributed by atoms with van der Waals surface area (Å²) in [6.45, 7) is 5.69. The lowest BCUT2D eigenvalue weighted by atomic mass is 9.99. The molecular weight excluding hydrogens is 322 g/mol. The Morgan fingerprint density at radius 3 is 2.69 bits per heavy atom. The summed E-state index contributed by atoms with van der Waals surface area (Å²) in [7, 11) is 0. The number of rotatable bonds is 3. The van der Waals surface area contributed by atoms with Crippen LogP contribution in [0.2, 0.25) is 0 Å². The zero-order valence-corrected chi connectivity index (χ0v) is 15.2. The quantitative estimate of drug-likeness (QED) is 0.753. The number of pyridine rings is 1. The Balaban J connectivity index is 1.51. The first-order chi connectivity index (χ1) is 12.6. The van der Waals surface area contributed by atoms with Gasteiger partial charge in [0.1, 0.15) is 0 Å². The number of hydrogen-bond acceptors (Lipinski definition) is 2. The van der Waals surface area contributed by atoms with Crippen LogP contribution in [0.4, 0.5) is 0 Å². The largest absolute Gasteiger partial charge is 0.359 e. The lowest BCUT2D eigenvalue weighted by molar-refractivity contribution is 0.0773. The molecule has 4 rings (SSSR count). The van der Waals surface area contributed by atoms with Crippen LogP contribution in [0.5, 0.6) is 0 Å². The molecule has 132 valence electrons. The number of carbonyl (C=O) groups is 1. The number of nitrogens with one attached hydrogen (secondary N) is 1. The van der Waals surface area contributed by atoms with Gasteiger partial charge in [-0.3, -0.25) is 9.78 Å². The molecule has 0 radical (unpaired) electrons. The van der Waals surface area contributed by atoms with Gasteiger partial charge in [-0.2, -0.15) is 0 Å². The van der Waals surface area contributed by atoms with Crippen molar-refractivity contribution in [3.05, 3.63) is 71.6 Å². The third-order valence-corrected chi connectivity index (χ3v) is 5.10. The van der Waals surface area contributed by atoms with Crippen LogP contribution < -0.4 is 0 Å². The molecule has 0 aliphatic carbocycles. The summed E-state index contributed by atoms with van der Waals surface area (Å²) in [4.78, 5) is 22.4. The lowest BCUT2D eigenvalue weighted by Crippen LogP contribution is -2.34.